The van der Waals surface area contributed by atoms with E-state index in [0.717, 1.165) is 17.7 Å². The predicted molar refractivity (Wildman–Crippen MR) is 108 cm³/mol. The van der Waals surface area contributed by atoms with Crippen LogP contribution in [0, 0.1) is 5.92 Å². The quantitative estimate of drug-likeness (QED) is 0.558. The molecule has 0 N–H and O–H groups in total. The summed E-state index contributed by atoms with van der Waals surface area (Å²) in [6.07, 6.45) is 7.77. The van der Waals surface area contributed by atoms with Gasteiger partial charge in [-0.05, 0) is 25.2 Å². The highest BCUT2D eigenvalue weighted by atomic mass is 32.2. The number of carbonyl (C=O) groups excluding carboxylic acids is 2. The summed E-state index contributed by atoms with van der Waals surface area (Å²) in [4.78, 5) is 37.4. The summed E-state index contributed by atoms with van der Waals surface area (Å²) in [5.41, 5.74) is 0.507. The normalized spacial score (nSPS) is 20.9. The van der Waals surface area contributed by atoms with Gasteiger partial charge in [-0.3, -0.25) is 19.5 Å². The van der Waals surface area contributed by atoms with Crippen LogP contribution < -0.4 is 0 Å². The van der Waals surface area contributed by atoms with E-state index in [0.29, 0.717) is 43.3 Å². The molecule has 2 fully saturated rings. The molecule has 31 heavy (non-hydrogen) atoms. The van der Waals surface area contributed by atoms with Gasteiger partial charge in [-0.15, -0.1) is 0 Å². The maximum atomic E-state index is 12.8. The monoisotopic (exact) mass is 448 g/mol. The zero-order valence-corrected chi connectivity index (χ0v) is 17.8. The number of nitrogens with zero attached hydrogens (tertiary/aromatic N) is 6. The first-order valence-electron chi connectivity index (χ1n) is 10.3. The third-order valence-electron chi connectivity index (χ3n) is 5.56. The summed E-state index contributed by atoms with van der Waals surface area (Å²) in [6, 6.07) is 0. The van der Waals surface area contributed by atoms with E-state index in [1.807, 2.05) is 0 Å². The number of piperidine rings is 2. The number of carbonyl (C=O) groups is 2. The van der Waals surface area contributed by atoms with Crippen LogP contribution in [-0.2, 0) is 26.0 Å². The molecule has 2 aromatic rings. The lowest BCUT2D eigenvalue weighted by molar-refractivity contribution is -0.147. The highest BCUT2D eigenvalue weighted by Crippen LogP contribution is 2.24. The standard InChI is InChI=1S/C19H24N6O5S/c26-17-4-1-5-18(27)25(17)9-10-31(28,29)24-8-2-3-14(13-24)11-16-22-19(23-30-16)15-12-20-6-7-21-15/h6-7,12,14H,1-5,8-11,13H2. The topological polar surface area (TPSA) is 139 Å². The number of aromatic nitrogens is 4. The van der Waals surface area contributed by atoms with Gasteiger partial charge in [0, 0.05) is 51.3 Å². The Morgan fingerprint density at radius 3 is 2.68 bits per heavy atom. The number of amides is 2. The second kappa shape index (κ2) is 9.18. The molecule has 2 amide bonds. The van der Waals surface area contributed by atoms with Crippen molar-refractivity contribution >= 4 is 21.8 Å². The SMILES string of the molecule is O=C1CCCC(=O)N1CCS(=O)(=O)N1CCCC(Cc2nc(-c3cnccn3)no2)C1. The fourth-order valence-corrected chi connectivity index (χ4v) is 5.45. The molecule has 166 valence electrons. The van der Waals surface area contributed by atoms with E-state index in [4.69, 9.17) is 4.52 Å². The van der Waals surface area contributed by atoms with Crippen LogP contribution in [0.4, 0.5) is 0 Å². The molecule has 0 aromatic carbocycles. The predicted octanol–water partition coefficient (Wildman–Crippen LogP) is 0.650. The van der Waals surface area contributed by atoms with Crippen LogP contribution in [0.3, 0.4) is 0 Å². The fraction of sp³-hybridized carbons (Fsp3) is 0.579. The smallest absolute Gasteiger partial charge is 0.229 e. The third-order valence-corrected chi connectivity index (χ3v) is 7.37. The summed E-state index contributed by atoms with van der Waals surface area (Å²) < 4.78 is 32.4. The molecule has 4 heterocycles. The number of hydrogen-bond donors (Lipinski definition) is 0. The van der Waals surface area contributed by atoms with E-state index in [2.05, 4.69) is 20.1 Å². The van der Waals surface area contributed by atoms with Crippen LogP contribution in [0.2, 0.25) is 0 Å². The lowest BCUT2D eigenvalue weighted by Gasteiger charge is -2.32. The molecule has 1 atom stereocenters. The van der Waals surface area contributed by atoms with Crippen molar-refractivity contribution in [2.24, 2.45) is 5.92 Å². The van der Waals surface area contributed by atoms with Crippen LogP contribution in [-0.4, -0.2) is 74.9 Å². The van der Waals surface area contributed by atoms with Gasteiger partial charge in [-0.25, -0.2) is 17.7 Å². The Kier molecular flexibility index (Phi) is 6.37. The van der Waals surface area contributed by atoms with Gasteiger partial charge in [-0.1, -0.05) is 5.16 Å². The molecule has 0 radical (unpaired) electrons. The Morgan fingerprint density at radius 2 is 1.94 bits per heavy atom. The second-order valence-corrected chi connectivity index (χ2v) is 9.87. The lowest BCUT2D eigenvalue weighted by Crippen LogP contribution is -2.46. The number of hydrogen-bond acceptors (Lipinski definition) is 9. The summed E-state index contributed by atoms with van der Waals surface area (Å²) in [7, 11) is -3.59. The van der Waals surface area contributed by atoms with Crippen molar-refractivity contribution in [2.75, 3.05) is 25.4 Å². The van der Waals surface area contributed by atoms with Gasteiger partial charge in [0.1, 0.15) is 5.69 Å². The van der Waals surface area contributed by atoms with E-state index >= 15 is 0 Å². The molecule has 2 aliphatic heterocycles. The minimum atomic E-state index is -3.59. The van der Waals surface area contributed by atoms with Gasteiger partial charge in [0.25, 0.3) is 0 Å². The second-order valence-electron chi connectivity index (χ2n) is 7.78. The van der Waals surface area contributed by atoms with Crippen molar-refractivity contribution < 1.29 is 22.5 Å². The molecule has 2 aromatic heterocycles. The lowest BCUT2D eigenvalue weighted by atomic mass is 9.96. The molecule has 0 saturated carbocycles. The van der Waals surface area contributed by atoms with E-state index in [-0.39, 0.29) is 42.9 Å². The minimum Gasteiger partial charge on any atom is -0.339 e. The number of sulfonamides is 1. The van der Waals surface area contributed by atoms with Crippen LogP contribution in [0.5, 0.6) is 0 Å². The summed E-state index contributed by atoms with van der Waals surface area (Å²) in [6.45, 7) is 0.675. The van der Waals surface area contributed by atoms with E-state index in [1.54, 1.807) is 18.6 Å². The molecule has 4 rings (SSSR count). The highest BCUT2D eigenvalue weighted by molar-refractivity contribution is 7.89. The molecule has 12 heteroatoms. The Hall–Kier alpha value is -2.73. The largest absolute Gasteiger partial charge is 0.339 e. The van der Waals surface area contributed by atoms with Gasteiger partial charge in [-0.2, -0.15) is 4.98 Å². The van der Waals surface area contributed by atoms with Crippen molar-refractivity contribution in [3.63, 3.8) is 0 Å². The molecule has 2 saturated heterocycles. The van der Waals surface area contributed by atoms with Crippen molar-refractivity contribution in [3.8, 4) is 11.5 Å². The van der Waals surface area contributed by atoms with E-state index < -0.39 is 10.0 Å². The van der Waals surface area contributed by atoms with Gasteiger partial charge >= 0.3 is 0 Å². The van der Waals surface area contributed by atoms with Gasteiger partial charge in [0.15, 0.2) is 0 Å². The summed E-state index contributed by atoms with van der Waals surface area (Å²) in [5, 5.41) is 3.93. The van der Waals surface area contributed by atoms with Crippen LogP contribution >= 0.6 is 0 Å². The summed E-state index contributed by atoms with van der Waals surface area (Å²) in [5.74, 6) is -0.0312. The van der Waals surface area contributed by atoms with Crippen molar-refractivity contribution in [2.45, 2.75) is 38.5 Å². The molecular formula is C19H24N6O5S. The Labute approximate surface area is 179 Å². The maximum Gasteiger partial charge on any atom is 0.229 e. The molecular weight excluding hydrogens is 424 g/mol. The molecule has 11 nitrogen and oxygen atoms in total. The molecule has 0 bridgehead atoms. The molecule has 2 aliphatic rings. The Morgan fingerprint density at radius 1 is 1.13 bits per heavy atom. The van der Waals surface area contributed by atoms with Crippen LogP contribution in [0.15, 0.2) is 23.1 Å². The van der Waals surface area contributed by atoms with Crippen LogP contribution in [0.1, 0.15) is 38.0 Å². The molecule has 0 aliphatic carbocycles. The summed E-state index contributed by atoms with van der Waals surface area (Å²) >= 11 is 0. The zero-order chi connectivity index (χ0) is 21.8. The fourth-order valence-electron chi connectivity index (χ4n) is 3.93. The van der Waals surface area contributed by atoms with Crippen molar-refractivity contribution in [1.82, 2.24) is 29.3 Å². The first kappa shape index (κ1) is 21.5. The van der Waals surface area contributed by atoms with Crippen molar-refractivity contribution in [1.29, 1.82) is 0 Å². The van der Waals surface area contributed by atoms with E-state index in [1.165, 1.54) is 4.31 Å². The number of imide groups is 1. The van der Waals surface area contributed by atoms with E-state index in [9.17, 15) is 18.0 Å². The molecule has 1 unspecified atom stereocenters. The average molecular weight is 449 g/mol. The van der Waals surface area contributed by atoms with Gasteiger partial charge in [0.05, 0.1) is 11.9 Å². The highest BCUT2D eigenvalue weighted by Gasteiger charge is 2.32. The Balaban J connectivity index is 1.35. The third kappa shape index (κ3) is 5.13. The van der Waals surface area contributed by atoms with Crippen LogP contribution in [0.25, 0.3) is 11.5 Å². The maximum absolute atomic E-state index is 12.8. The number of likely N-dealkylation sites (tertiary alicyclic amines) is 1. The first-order valence-corrected chi connectivity index (χ1v) is 11.9. The van der Waals surface area contributed by atoms with Gasteiger partial charge in [0.2, 0.25) is 33.6 Å². The minimum absolute atomic E-state index is 0.0388. The number of rotatable bonds is 7. The zero-order valence-electron chi connectivity index (χ0n) is 17.0. The van der Waals surface area contributed by atoms with Crippen molar-refractivity contribution in [3.05, 3.63) is 24.5 Å². The average Bonchev–Trinajstić information content (AvgIpc) is 3.23. The molecule has 0 spiro atoms. The Bertz CT molecular complexity index is 1030. The first-order chi connectivity index (χ1) is 14.9. The van der Waals surface area contributed by atoms with Gasteiger partial charge < -0.3 is 4.52 Å².